The Morgan fingerprint density at radius 3 is 2.42 bits per heavy atom. The number of carbonyl (C=O) groups excluding carboxylic acids is 2. The Morgan fingerprint density at radius 1 is 1.32 bits per heavy atom. The third-order valence-corrected chi connectivity index (χ3v) is 3.15. The molecule has 0 aliphatic carbocycles. The lowest BCUT2D eigenvalue weighted by Gasteiger charge is -2.24. The van der Waals surface area contributed by atoms with Crippen molar-refractivity contribution in [2.24, 2.45) is 5.73 Å². The van der Waals surface area contributed by atoms with Gasteiger partial charge in [-0.2, -0.15) is 0 Å². The molecule has 0 aromatic heterocycles. The topological polar surface area (TPSA) is 75.4 Å². The second-order valence-electron chi connectivity index (χ2n) is 4.66. The Balaban J connectivity index is 2.65. The lowest BCUT2D eigenvalue weighted by molar-refractivity contribution is -0.133. The number of carbonyl (C=O) groups is 2. The summed E-state index contributed by atoms with van der Waals surface area (Å²) < 4.78 is 0. The van der Waals surface area contributed by atoms with Crippen molar-refractivity contribution in [2.75, 3.05) is 20.1 Å². The molecule has 1 aromatic rings. The maximum atomic E-state index is 12.1. The normalized spacial score (nSPS) is 13.5. The van der Waals surface area contributed by atoms with Crippen LogP contribution in [0.2, 0.25) is 0 Å². The van der Waals surface area contributed by atoms with Crippen molar-refractivity contribution >= 4 is 11.8 Å². The standard InChI is InChI=1S/C14H21N3O2/c1-4-17(3)12(18)10-16-13(19)14(2,15)11-8-6-5-7-9-11/h5-9H,4,10,15H2,1-3H3,(H,16,19). The average molecular weight is 263 g/mol. The Morgan fingerprint density at radius 2 is 1.89 bits per heavy atom. The summed E-state index contributed by atoms with van der Waals surface area (Å²) in [4.78, 5) is 25.2. The predicted octanol–water partition coefficient (Wildman–Crippen LogP) is 0.455. The van der Waals surface area contributed by atoms with Gasteiger partial charge in [-0.25, -0.2) is 0 Å². The van der Waals surface area contributed by atoms with E-state index in [-0.39, 0.29) is 18.4 Å². The molecule has 0 aliphatic rings. The van der Waals surface area contributed by atoms with Gasteiger partial charge in [0.15, 0.2) is 0 Å². The lowest BCUT2D eigenvalue weighted by atomic mass is 9.92. The third kappa shape index (κ3) is 3.79. The first-order valence-corrected chi connectivity index (χ1v) is 6.26. The number of nitrogens with one attached hydrogen (secondary N) is 1. The molecule has 0 spiro atoms. The fraction of sp³-hybridized carbons (Fsp3) is 0.429. The minimum atomic E-state index is -1.15. The summed E-state index contributed by atoms with van der Waals surface area (Å²) in [5.74, 6) is -0.503. The second-order valence-corrected chi connectivity index (χ2v) is 4.66. The van der Waals surface area contributed by atoms with E-state index in [0.717, 1.165) is 0 Å². The molecule has 5 heteroatoms. The molecular weight excluding hydrogens is 242 g/mol. The molecule has 2 amide bonds. The van der Waals surface area contributed by atoms with Crippen LogP contribution in [-0.4, -0.2) is 36.9 Å². The molecule has 0 saturated heterocycles. The molecule has 1 rings (SSSR count). The summed E-state index contributed by atoms with van der Waals surface area (Å²) in [5, 5.41) is 2.58. The number of amides is 2. The predicted molar refractivity (Wildman–Crippen MR) is 74.3 cm³/mol. The summed E-state index contributed by atoms with van der Waals surface area (Å²) in [6.45, 7) is 4.07. The van der Waals surface area contributed by atoms with Crippen LogP contribution in [0.5, 0.6) is 0 Å². The van der Waals surface area contributed by atoms with Gasteiger partial charge in [-0.15, -0.1) is 0 Å². The van der Waals surface area contributed by atoms with Gasteiger partial charge in [0.05, 0.1) is 6.54 Å². The van der Waals surface area contributed by atoms with Crippen molar-refractivity contribution in [1.29, 1.82) is 0 Å². The number of nitrogens with zero attached hydrogens (tertiary/aromatic N) is 1. The molecule has 104 valence electrons. The van der Waals surface area contributed by atoms with E-state index in [1.54, 1.807) is 26.1 Å². The summed E-state index contributed by atoms with van der Waals surface area (Å²) in [5.41, 5.74) is 5.60. The van der Waals surface area contributed by atoms with E-state index in [9.17, 15) is 9.59 Å². The van der Waals surface area contributed by atoms with E-state index in [2.05, 4.69) is 5.32 Å². The molecule has 1 aromatic carbocycles. The van der Waals surface area contributed by atoms with Crippen LogP contribution in [0, 0.1) is 0 Å². The van der Waals surface area contributed by atoms with Crippen LogP contribution in [0.25, 0.3) is 0 Å². The molecule has 5 nitrogen and oxygen atoms in total. The number of rotatable bonds is 5. The van der Waals surface area contributed by atoms with Crippen LogP contribution in [0.4, 0.5) is 0 Å². The molecule has 0 radical (unpaired) electrons. The highest BCUT2D eigenvalue weighted by Gasteiger charge is 2.30. The Kier molecular flexibility index (Phi) is 5.06. The van der Waals surface area contributed by atoms with Gasteiger partial charge in [0.25, 0.3) is 0 Å². The number of benzene rings is 1. The zero-order chi connectivity index (χ0) is 14.5. The highest BCUT2D eigenvalue weighted by Crippen LogP contribution is 2.17. The van der Waals surface area contributed by atoms with E-state index in [1.807, 2.05) is 25.1 Å². The Bertz CT molecular complexity index is 443. The van der Waals surface area contributed by atoms with Crippen LogP contribution in [0.15, 0.2) is 30.3 Å². The van der Waals surface area contributed by atoms with Crippen LogP contribution in [0.1, 0.15) is 19.4 Å². The van der Waals surface area contributed by atoms with Crippen molar-refractivity contribution in [3.8, 4) is 0 Å². The minimum absolute atomic E-state index is 0.0389. The van der Waals surface area contributed by atoms with Crippen LogP contribution in [-0.2, 0) is 15.1 Å². The van der Waals surface area contributed by atoms with E-state index < -0.39 is 5.54 Å². The first-order valence-electron chi connectivity index (χ1n) is 6.26. The van der Waals surface area contributed by atoms with Crippen molar-refractivity contribution in [3.05, 3.63) is 35.9 Å². The fourth-order valence-corrected chi connectivity index (χ4v) is 1.57. The first kappa shape index (κ1) is 15.2. The summed E-state index contributed by atoms with van der Waals surface area (Å²) in [7, 11) is 1.69. The van der Waals surface area contributed by atoms with Crippen molar-refractivity contribution < 1.29 is 9.59 Å². The third-order valence-electron chi connectivity index (χ3n) is 3.15. The SMILES string of the molecule is CCN(C)C(=O)CNC(=O)C(C)(N)c1ccccc1. The quantitative estimate of drug-likeness (QED) is 0.810. The largest absolute Gasteiger partial charge is 0.345 e. The summed E-state index contributed by atoms with van der Waals surface area (Å²) in [6.07, 6.45) is 0. The number of nitrogens with two attached hydrogens (primary N) is 1. The molecule has 1 unspecified atom stereocenters. The van der Waals surface area contributed by atoms with E-state index in [4.69, 9.17) is 5.73 Å². The molecule has 0 saturated carbocycles. The zero-order valence-corrected chi connectivity index (χ0v) is 11.6. The molecule has 19 heavy (non-hydrogen) atoms. The van der Waals surface area contributed by atoms with Gasteiger partial charge in [0.1, 0.15) is 5.54 Å². The molecule has 1 atom stereocenters. The Hall–Kier alpha value is -1.88. The highest BCUT2D eigenvalue weighted by atomic mass is 16.2. The zero-order valence-electron chi connectivity index (χ0n) is 11.6. The molecule has 0 bridgehead atoms. The Labute approximate surface area is 113 Å². The van der Waals surface area contributed by atoms with Crippen LogP contribution >= 0.6 is 0 Å². The van der Waals surface area contributed by atoms with Gasteiger partial charge in [0, 0.05) is 13.6 Å². The monoisotopic (exact) mass is 263 g/mol. The van der Waals surface area contributed by atoms with Crippen molar-refractivity contribution in [1.82, 2.24) is 10.2 Å². The number of hydrogen-bond donors (Lipinski definition) is 2. The van der Waals surface area contributed by atoms with E-state index >= 15 is 0 Å². The average Bonchev–Trinajstić information content (AvgIpc) is 2.44. The molecule has 0 aliphatic heterocycles. The first-order chi connectivity index (χ1) is 8.89. The second kappa shape index (κ2) is 6.33. The maximum absolute atomic E-state index is 12.1. The van der Waals surface area contributed by atoms with E-state index in [0.29, 0.717) is 12.1 Å². The number of hydrogen-bond acceptors (Lipinski definition) is 3. The minimum Gasteiger partial charge on any atom is -0.345 e. The molecule has 3 N–H and O–H groups in total. The van der Waals surface area contributed by atoms with Gasteiger partial charge < -0.3 is 16.0 Å². The van der Waals surface area contributed by atoms with Crippen molar-refractivity contribution in [2.45, 2.75) is 19.4 Å². The van der Waals surface area contributed by atoms with Gasteiger partial charge in [-0.05, 0) is 19.4 Å². The maximum Gasteiger partial charge on any atom is 0.244 e. The molecule has 0 fully saturated rings. The van der Waals surface area contributed by atoms with Gasteiger partial charge in [0.2, 0.25) is 11.8 Å². The molecule has 0 heterocycles. The molecular formula is C14H21N3O2. The van der Waals surface area contributed by atoms with Gasteiger partial charge in [-0.3, -0.25) is 9.59 Å². The fourth-order valence-electron chi connectivity index (χ4n) is 1.57. The smallest absolute Gasteiger partial charge is 0.244 e. The summed E-state index contributed by atoms with van der Waals surface area (Å²) >= 11 is 0. The lowest BCUT2D eigenvalue weighted by Crippen LogP contribution is -2.51. The summed E-state index contributed by atoms with van der Waals surface area (Å²) in [6, 6.07) is 9.09. The van der Waals surface area contributed by atoms with Crippen LogP contribution in [0.3, 0.4) is 0 Å². The van der Waals surface area contributed by atoms with Crippen LogP contribution < -0.4 is 11.1 Å². The van der Waals surface area contributed by atoms with Crippen molar-refractivity contribution in [3.63, 3.8) is 0 Å². The van der Waals surface area contributed by atoms with Gasteiger partial charge in [-0.1, -0.05) is 30.3 Å². The van der Waals surface area contributed by atoms with Gasteiger partial charge >= 0.3 is 0 Å². The highest BCUT2D eigenvalue weighted by molar-refractivity contribution is 5.90. The van der Waals surface area contributed by atoms with E-state index in [1.165, 1.54) is 4.90 Å². The number of likely N-dealkylation sites (N-methyl/N-ethyl adjacent to an activating group) is 1.